The second-order valence-corrected chi connectivity index (χ2v) is 12.0. The van der Waals surface area contributed by atoms with E-state index >= 15 is 0 Å². The number of benzene rings is 3. The summed E-state index contributed by atoms with van der Waals surface area (Å²) in [5.74, 6) is 0.0327. The molecule has 4 rings (SSSR count). The molecule has 0 saturated heterocycles. The van der Waals surface area contributed by atoms with Crippen molar-refractivity contribution in [1.82, 2.24) is 9.99 Å². The molecule has 0 aliphatic carbocycles. The summed E-state index contributed by atoms with van der Waals surface area (Å²) in [5.41, 5.74) is 5.94. The third kappa shape index (κ3) is 6.90. The maximum atomic E-state index is 14.0. The minimum Gasteiger partial charge on any atom is -0.495 e. The molecule has 0 saturated carbocycles. The van der Waals surface area contributed by atoms with Crippen LogP contribution in [0.1, 0.15) is 17.0 Å². The van der Waals surface area contributed by atoms with Crippen LogP contribution in [0.15, 0.2) is 76.7 Å². The molecule has 3 aromatic carbocycles. The molecule has 1 heterocycles. The number of ether oxygens (including phenoxy) is 3. The van der Waals surface area contributed by atoms with Crippen molar-refractivity contribution < 1.29 is 27.4 Å². The van der Waals surface area contributed by atoms with E-state index in [-0.39, 0.29) is 27.1 Å². The first-order valence-electron chi connectivity index (χ1n) is 12.8. The Balaban J connectivity index is 1.64. The Labute approximate surface area is 260 Å². The number of aryl methyl sites for hydroxylation is 1. The number of amides is 1. The summed E-state index contributed by atoms with van der Waals surface area (Å²) in [6.45, 7) is 3.23. The van der Waals surface area contributed by atoms with Crippen molar-refractivity contribution in [1.29, 1.82) is 0 Å². The number of hydrogen-bond donors (Lipinski definition) is 1. The third-order valence-electron chi connectivity index (χ3n) is 6.57. The van der Waals surface area contributed by atoms with E-state index in [1.54, 1.807) is 12.1 Å². The first-order chi connectivity index (χ1) is 20.5. The van der Waals surface area contributed by atoms with E-state index < -0.39 is 22.5 Å². The second-order valence-electron chi connectivity index (χ2n) is 9.28. The van der Waals surface area contributed by atoms with Crippen LogP contribution in [-0.2, 0) is 14.8 Å². The lowest BCUT2D eigenvalue weighted by molar-refractivity contribution is -0.119. The highest BCUT2D eigenvalue weighted by Gasteiger charge is 2.30. The smallest absolute Gasteiger partial charge is 0.265 e. The highest BCUT2D eigenvalue weighted by atomic mass is 35.5. The van der Waals surface area contributed by atoms with Crippen LogP contribution in [0.25, 0.3) is 5.69 Å². The molecule has 0 radical (unpaired) electrons. The molecule has 4 aromatic rings. The van der Waals surface area contributed by atoms with Gasteiger partial charge in [-0.1, -0.05) is 29.3 Å². The minimum atomic E-state index is -4.34. The summed E-state index contributed by atoms with van der Waals surface area (Å²) >= 11 is 12.4. The lowest BCUT2D eigenvalue weighted by Gasteiger charge is -2.25. The zero-order chi connectivity index (χ0) is 31.3. The average molecular weight is 646 g/mol. The maximum absolute atomic E-state index is 14.0. The van der Waals surface area contributed by atoms with Crippen molar-refractivity contribution in [3.8, 4) is 22.9 Å². The van der Waals surface area contributed by atoms with E-state index in [2.05, 4.69) is 10.5 Å². The van der Waals surface area contributed by atoms with Crippen LogP contribution in [-0.4, -0.2) is 53.0 Å². The van der Waals surface area contributed by atoms with E-state index in [1.165, 1.54) is 57.9 Å². The van der Waals surface area contributed by atoms with E-state index in [9.17, 15) is 13.2 Å². The molecule has 1 N–H and O–H groups in total. The Hall–Kier alpha value is -4.19. The molecule has 0 aliphatic heterocycles. The van der Waals surface area contributed by atoms with Crippen molar-refractivity contribution in [2.75, 3.05) is 32.2 Å². The van der Waals surface area contributed by atoms with Crippen LogP contribution >= 0.6 is 23.2 Å². The minimum absolute atomic E-state index is 0.0639. The van der Waals surface area contributed by atoms with Gasteiger partial charge in [-0.25, -0.2) is 13.8 Å². The molecule has 0 bridgehead atoms. The van der Waals surface area contributed by atoms with Gasteiger partial charge in [-0.3, -0.25) is 9.10 Å². The summed E-state index contributed by atoms with van der Waals surface area (Å²) in [6.07, 6.45) is 1.49. The molecule has 0 spiro atoms. The number of nitrogens with one attached hydrogen (secondary N) is 1. The standard InChI is InChI=1S/C30H30Cl2N4O6S/c1-19-13-21(20(2)36(19)24-8-6-7-22(31)14-24)17-33-34-30(37)18-35(26-15-23(32)9-11-27(26)40-3)43(38,39)25-10-12-28(41-4)29(16-25)42-5/h6-17H,18H2,1-5H3,(H,34,37)/b33-17-. The number of aromatic nitrogens is 1. The van der Waals surface area contributed by atoms with Gasteiger partial charge >= 0.3 is 0 Å². The van der Waals surface area contributed by atoms with Crippen molar-refractivity contribution in [3.05, 3.63) is 93.7 Å². The van der Waals surface area contributed by atoms with Crippen LogP contribution in [0.5, 0.6) is 17.2 Å². The van der Waals surface area contributed by atoms with Crippen molar-refractivity contribution in [2.24, 2.45) is 5.10 Å². The highest BCUT2D eigenvalue weighted by Crippen LogP contribution is 2.37. The molecule has 43 heavy (non-hydrogen) atoms. The van der Waals surface area contributed by atoms with E-state index in [0.29, 0.717) is 10.8 Å². The number of hydrogen-bond acceptors (Lipinski definition) is 7. The van der Waals surface area contributed by atoms with Crippen LogP contribution in [0.3, 0.4) is 0 Å². The average Bonchev–Trinajstić information content (AvgIpc) is 3.27. The van der Waals surface area contributed by atoms with Gasteiger partial charge in [0.25, 0.3) is 15.9 Å². The quantitative estimate of drug-likeness (QED) is 0.164. The summed E-state index contributed by atoms with van der Waals surface area (Å²) in [5, 5.41) is 4.96. The number of carbonyl (C=O) groups excluding carboxylic acids is 1. The molecule has 0 fully saturated rings. The molecule has 0 unspecified atom stereocenters. The van der Waals surface area contributed by atoms with Gasteiger partial charge in [0.05, 0.1) is 38.1 Å². The Morgan fingerprint density at radius 2 is 1.58 bits per heavy atom. The van der Waals surface area contributed by atoms with Gasteiger partial charge in [-0.05, 0) is 68.4 Å². The number of methoxy groups -OCH3 is 3. The first kappa shape index (κ1) is 31.7. The predicted molar refractivity (Wildman–Crippen MR) is 168 cm³/mol. The monoisotopic (exact) mass is 644 g/mol. The molecule has 0 aliphatic rings. The fourth-order valence-corrected chi connectivity index (χ4v) is 6.32. The third-order valence-corrected chi connectivity index (χ3v) is 8.80. The molecule has 226 valence electrons. The van der Waals surface area contributed by atoms with E-state index in [4.69, 9.17) is 37.4 Å². The van der Waals surface area contributed by atoms with Crippen molar-refractivity contribution >= 4 is 51.0 Å². The fraction of sp³-hybridized carbons (Fsp3) is 0.200. The summed E-state index contributed by atoms with van der Waals surface area (Å²) < 4.78 is 46.7. The Morgan fingerprint density at radius 3 is 2.26 bits per heavy atom. The van der Waals surface area contributed by atoms with Gasteiger partial charge in [0, 0.05) is 38.8 Å². The highest BCUT2D eigenvalue weighted by molar-refractivity contribution is 7.92. The SMILES string of the molecule is COc1ccc(S(=O)(=O)N(CC(=O)N/N=C\c2cc(C)n(-c3cccc(Cl)c3)c2C)c2cc(Cl)ccc2OC)cc1OC. The molecule has 0 atom stereocenters. The number of sulfonamides is 1. The van der Waals surface area contributed by atoms with Crippen LogP contribution in [0, 0.1) is 13.8 Å². The lowest BCUT2D eigenvalue weighted by Crippen LogP contribution is -2.39. The van der Waals surface area contributed by atoms with Gasteiger partial charge < -0.3 is 18.8 Å². The van der Waals surface area contributed by atoms with E-state index in [0.717, 1.165) is 26.9 Å². The van der Waals surface area contributed by atoms with Gasteiger partial charge in [0.15, 0.2) is 11.5 Å². The van der Waals surface area contributed by atoms with Crippen LogP contribution in [0.2, 0.25) is 10.0 Å². The first-order valence-corrected chi connectivity index (χ1v) is 15.0. The number of hydrazone groups is 1. The molecule has 10 nitrogen and oxygen atoms in total. The van der Waals surface area contributed by atoms with Gasteiger partial charge in [-0.2, -0.15) is 5.10 Å². The number of rotatable bonds is 11. The number of halogens is 2. The second kappa shape index (κ2) is 13.4. The van der Waals surface area contributed by atoms with Gasteiger partial charge in [-0.15, -0.1) is 0 Å². The zero-order valence-electron chi connectivity index (χ0n) is 24.1. The number of nitrogens with zero attached hydrogens (tertiary/aromatic N) is 3. The van der Waals surface area contributed by atoms with Gasteiger partial charge in [0.1, 0.15) is 12.3 Å². The summed E-state index contributed by atoms with van der Waals surface area (Å²) in [7, 11) is -0.125. The van der Waals surface area contributed by atoms with E-state index in [1.807, 2.05) is 42.7 Å². The number of carbonyl (C=O) groups is 1. The Morgan fingerprint density at radius 1 is 0.907 bits per heavy atom. The van der Waals surface area contributed by atoms with Crippen LogP contribution in [0.4, 0.5) is 5.69 Å². The zero-order valence-corrected chi connectivity index (χ0v) is 26.4. The largest absolute Gasteiger partial charge is 0.495 e. The Bertz CT molecular complexity index is 1790. The molecular formula is C30H30Cl2N4O6S. The lowest BCUT2D eigenvalue weighted by atomic mass is 10.2. The maximum Gasteiger partial charge on any atom is 0.265 e. The summed E-state index contributed by atoms with van der Waals surface area (Å²) in [4.78, 5) is 13.0. The molecule has 1 aromatic heterocycles. The molecule has 13 heteroatoms. The molecular weight excluding hydrogens is 615 g/mol. The molecule has 1 amide bonds. The Kier molecular flexibility index (Phi) is 9.90. The van der Waals surface area contributed by atoms with Crippen molar-refractivity contribution in [2.45, 2.75) is 18.7 Å². The topological polar surface area (TPSA) is 111 Å². The normalized spacial score (nSPS) is 11.4. The van der Waals surface area contributed by atoms with Crippen LogP contribution < -0.4 is 23.9 Å². The number of anilines is 1. The predicted octanol–water partition coefficient (Wildman–Crippen LogP) is 5.77. The summed E-state index contributed by atoms with van der Waals surface area (Å²) in [6, 6.07) is 18.0. The van der Waals surface area contributed by atoms with Crippen molar-refractivity contribution in [3.63, 3.8) is 0 Å². The fourth-order valence-electron chi connectivity index (χ4n) is 4.53. The van der Waals surface area contributed by atoms with Gasteiger partial charge in [0.2, 0.25) is 0 Å².